The van der Waals surface area contributed by atoms with Gasteiger partial charge in [0.1, 0.15) is 11.5 Å². The fourth-order valence-corrected chi connectivity index (χ4v) is 6.58. The quantitative estimate of drug-likeness (QED) is 0.478. The van der Waals surface area contributed by atoms with Gasteiger partial charge >= 0.3 is 0 Å². The molecule has 2 fully saturated rings. The molecule has 1 aromatic heterocycles. The molecule has 6 rings (SSSR count). The van der Waals surface area contributed by atoms with Gasteiger partial charge in [0.2, 0.25) is 5.91 Å². The van der Waals surface area contributed by atoms with Crippen LogP contribution in [0.4, 0.5) is 10.1 Å². The van der Waals surface area contributed by atoms with E-state index in [4.69, 9.17) is 23.2 Å². The molecule has 3 atom stereocenters. The fraction of sp³-hybridized carbons (Fsp3) is 0.370. The molecule has 3 aromatic rings. The Balaban J connectivity index is 1.19. The third-order valence-corrected chi connectivity index (χ3v) is 8.63. The second-order valence-corrected chi connectivity index (χ2v) is 11.1. The van der Waals surface area contributed by atoms with Crippen molar-refractivity contribution in [3.63, 3.8) is 0 Å². The Morgan fingerprint density at radius 3 is 2.61 bits per heavy atom. The van der Waals surface area contributed by atoms with Crippen molar-refractivity contribution in [3.8, 4) is 0 Å². The van der Waals surface area contributed by atoms with Crippen LogP contribution in [0, 0.1) is 5.82 Å². The number of nitrogens with zero attached hydrogens (tertiary/aromatic N) is 3. The van der Waals surface area contributed by atoms with Crippen LogP contribution in [-0.2, 0) is 11.2 Å². The molecule has 0 radical (unpaired) electrons. The monoisotopic (exact) mass is 557 g/mol. The Kier molecular flexibility index (Phi) is 6.13. The van der Waals surface area contributed by atoms with Gasteiger partial charge in [-0.3, -0.25) is 19.3 Å². The molecule has 0 aliphatic carbocycles. The number of anilines is 1. The summed E-state index contributed by atoms with van der Waals surface area (Å²) in [6, 6.07) is 8.18. The van der Waals surface area contributed by atoms with Crippen LogP contribution in [0.2, 0.25) is 10.0 Å². The van der Waals surface area contributed by atoms with Gasteiger partial charge in [0, 0.05) is 41.8 Å². The Hall–Kier alpha value is -3.14. The van der Waals surface area contributed by atoms with E-state index in [1.54, 1.807) is 21.9 Å². The number of H-pyrrole nitrogens is 1. The van der Waals surface area contributed by atoms with Crippen molar-refractivity contribution in [1.29, 1.82) is 0 Å². The van der Waals surface area contributed by atoms with Gasteiger partial charge in [0.25, 0.3) is 11.5 Å². The number of fused-ring (bicyclic) bond motifs is 3. The van der Waals surface area contributed by atoms with Gasteiger partial charge in [0.05, 0.1) is 23.7 Å². The lowest BCUT2D eigenvalue weighted by molar-refractivity contribution is -0.131. The number of likely N-dealkylation sites (tertiary alicyclic amines) is 1. The number of aromatic amines is 1. The van der Waals surface area contributed by atoms with Gasteiger partial charge < -0.3 is 20.1 Å². The van der Waals surface area contributed by atoms with Crippen LogP contribution in [0.15, 0.2) is 35.1 Å². The number of halogens is 3. The number of likely N-dealkylation sites (N-methyl/N-ethyl adjacent to an activating group) is 1. The van der Waals surface area contributed by atoms with Crippen LogP contribution in [0.1, 0.15) is 34.6 Å². The van der Waals surface area contributed by atoms with E-state index in [-0.39, 0.29) is 41.2 Å². The summed E-state index contributed by atoms with van der Waals surface area (Å²) in [4.78, 5) is 47.0. The Labute approximate surface area is 228 Å². The number of rotatable bonds is 4. The lowest BCUT2D eigenvalue weighted by Gasteiger charge is -2.36. The average Bonchev–Trinajstić information content (AvgIpc) is 3.25. The SMILES string of the molecule is CC1c2c(Cl)cc(Cl)cc2CCN1C(=O)CNc1cc2cc(C(=O)N3CC4C(C3)N4C)[nH]c(=O)c2cc1F. The minimum atomic E-state index is -0.660. The number of hydrogen-bond acceptors (Lipinski definition) is 5. The number of carbonyl (C=O) groups excluding carboxylic acids is 2. The number of aromatic nitrogens is 1. The summed E-state index contributed by atoms with van der Waals surface area (Å²) in [6.07, 6.45) is 0.615. The van der Waals surface area contributed by atoms with E-state index in [0.717, 1.165) is 17.2 Å². The topological polar surface area (TPSA) is 88.5 Å². The molecule has 0 saturated carbocycles. The molecule has 8 nitrogen and oxygen atoms in total. The number of nitrogens with one attached hydrogen (secondary N) is 2. The van der Waals surface area contributed by atoms with Gasteiger partial charge in [-0.15, -0.1) is 0 Å². The molecule has 4 heterocycles. The highest BCUT2D eigenvalue weighted by Gasteiger charge is 2.52. The van der Waals surface area contributed by atoms with Gasteiger partial charge in [-0.1, -0.05) is 23.2 Å². The highest BCUT2D eigenvalue weighted by molar-refractivity contribution is 6.35. The van der Waals surface area contributed by atoms with Crippen LogP contribution in [0.25, 0.3) is 10.8 Å². The van der Waals surface area contributed by atoms with Crippen molar-refractivity contribution in [2.75, 3.05) is 38.5 Å². The number of amides is 2. The lowest BCUT2D eigenvalue weighted by atomic mass is 9.93. The predicted octanol–water partition coefficient (Wildman–Crippen LogP) is 3.67. The smallest absolute Gasteiger partial charge is 0.270 e. The second-order valence-electron chi connectivity index (χ2n) is 10.3. The number of piperazine rings is 1. The molecular formula is C27H26Cl2FN5O3. The summed E-state index contributed by atoms with van der Waals surface area (Å²) in [5, 5.41) is 4.50. The molecule has 3 aliphatic rings. The molecule has 11 heteroatoms. The maximum atomic E-state index is 14.9. The summed E-state index contributed by atoms with van der Waals surface area (Å²) in [6.45, 7) is 3.48. The molecule has 38 heavy (non-hydrogen) atoms. The van der Waals surface area contributed by atoms with Gasteiger partial charge in [-0.2, -0.15) is 0 Å². The van der Waals surface area contributed by atoms with Gasteiger partial charge in [0.15, 0.2) is 0 Å². The van der Waals surface area contributed by atoms with Crippen LogP contribution >= 0.6 is 23.2 Å². The molecule has 2 aromatic carbocycles. The van der Waals surface area contributed by atoms with Crippen molar-refractivity contribution >= 4 is 51.5 Å². The van der Waals surface area contributed by atoms with Crippen LogP contribution in [0.5, 0.6) is 0 Å². The molecule has 2 N–H and O–H groups in total. The average molecular weight is 558 g/mol. The minimum Gasteiger partial charge on any atom is -0.374 e. The Morgan fingerprint density at radius 2 is 1.87 bits per heavy atom. The van der Waals surface area contributed by atoms with Gasteiger partial charge in [-0.05, 0) is 67.2 Å². The van der Waals surface area contributed by atoms with E-state index >= 15 is 0 Å². The summed E-state index contributed by atoms with van der Waals surface area (Å²) < 4.78 is 14.9. The standard InChI is InChI=1S/C27H26Cl2FN5O3/c1-13-25-14(5-16(28)8-18(25)29)3-4-35(13)24(36)10-31-20-6-15-7-21(32-26(37)17(15)9-19(20)30)27(38)34-11-22-23(12-34)33(22)2/h5-9,13,22-23,31H,3-4,10-12H2,1-2H3,(H,32,37). The summed E-state index contributed by atoms with van der Waals surface area (Å²) in [5.41, 5.74) is 1.59. The molecule has 2 amide bonds. The van der Waals surface area contributed by atoms with Gasteiger partial charge in [-0.25, -0.2) is 4.39 Å². The highest BCUT2D eigenvalue weighted by atomic mass is 35.5. The summed E-state index contributed by atoms with van der Waals surface area (Å²) in [7, 11) is 2.03. The highest BCUT2D eigenvalue weighted by Crippen LogP contribution is 2.37. The third kappa shape index (κ3) is 4.22. The van der Waals surface area contributed by atoms with E-state index in [9.17, 15) is 18.8 Å². The Morgan fingerprint density at radius 1 is 1.13 bits per heavy atom. The van der Waals surface area contributed by atoms with Crippen molar-refractivity contribution in [3.05, 3.63) is 73.4 Å². The van der Waals surface area contributed by atoms with E-state index in [1.165, 1.54) is 6.07 Å². The van der Waals surface area contributed by atoms with Crippen molar-refractivity contribution in [2.45, 2.75) is 31.5 Å². The maximum absolute atomic E-state index is 14.9. The zero-order chi connectivity index (χ0) is 26.9. The first-order valence-electron chi connectivity index (χ1n) is 12.5. The predicted molar refractivity (Wildman–Crippen MR) is 145 cm³/mol. The molecule has 0 bridgehead atoms. The van der Waals surface area contributed by atoms with Crippen molar-refractivity contribution in [2.24, 2.45) is 0 Å². The van der Waals surface area contributed by atoms with Crippen molar-refractivity contribution < 1.29 is 14.0 Å². The largest absolute Gasteiger partial charge is 0.374 e. The van der Waals surface area contributed by atoms with E-state index in [0.29, 0.717) is 53.6 Å². The zero-order valence-electron chi connectivity index (χ0n) is 20.9. The molecule has 3 unspecified atom stereocenters. The zero-order valence-corrected chi connectivity index (χ0v) is 22.4. The van der Waals surface area contributed by atoms with Crippen molar-refractivity contribution in [1.82, 2.24) is 19.7 Å². The normalized spacial score (nSPS) is 23.8. The van der Waals surface area contributed by atoms with E-state index < -0.39 is 11.4 Å². The molecular weight excluding hydrogens is 532 g/mol. The number of hydrogen-bond donors (Lipinski definition) is 2. The fourth-order valence-electron chi connectivity index (χ4n) is 5.89. The first kappa shape index (κ1) is 25.2. The van der Waals surface area contributed by atoms with E-state index in [1.807, 2.05) is 20.0 Å². The maximum Gasteiger partial charge on any atom is 0.270 e. The van der Waals surface area contributed by atoms with Crippen LogP contribution in [0.3, 0.4) is 0 Å². The van der Waals surface area contributed by atoms with E-state index in [2.05, 4.69) is 15.2 Å². The summed E-state index contributed by atoms with van der Waals surface area (Å²) in [5.74, 6) is -1.13. The minimum absolute atomic E-state index is 0.0776. The second kappa shape index (κ2) is 9.25. The molecule has 198 valence electrons. The number of carbonyl (C=O) groups is 2. The third-order valence-electron chi connectivity index (χ3n) is 8.10. The number of benzene rings is 2. The molecule has 3 aliphatic heterocycles. The lowest BCUT2D eigenvalue weighted by Crippen LogP contribution is -2.42. The van der Waals surface area contributed by atoms with Crippen LogP contribution in [-0.4, -0.2) is 76.8 Å². The summed E-state index contributed by atoms with van der Waals surface area (Å²) >= 11 is 12.6. The Bertz CT molecular complexity index is 1550. The first-order chi connectivity index (χ1) is 18.1. The number of pyridine rings is 1. The first-order valence-corrected chi connectivity index (χ1v) is 13.3. The van der Waals surface area contributed by atoms with Crippen LogP contribution < -0.4 is 10.9 Å². The molecule has 2 saturated heterocycles. The molecule has 0 spiro atoms.